The molecule has 2 aromatic rings. The minimum atomic E-state index is -0.881. The predicted molar refractivity (Wildman–Crippen MR) is 116 cm³/mol. The molecule has 2 aliphatic heterocycles. The fourth-order valence-electron chi connectivity index (χ4n) is 4.93. The summed E-state index contributed by atoms with van der Waals surface area (Å²) in [7, 11) is 0. The van der Waals surface area contributed by atoms with Crippen molar-refractivity contribution in [1.29, 1.82) is 0 Å². The van der Waals surface area contributed by atoms with Gasteiger partial charge in [0.1, 0.15) is 24.1 Å². The second kappa shape index (κ2) is 9.05. The third-order valence-corrected chi connectivity index (χ3v) is 6.52. The van der Waals surface area contributed by atoms with Gasteiger partial charge >= 0.3 is 6.03 Å². The van der Waals surface area contributed by atoms with Gasteiger partial charge in [0.15, 0.2) is 0 Å². The molecule has 2 heterocycles. The first-order valence-electron chi connectivity index (χ1n) is 10.9. The summed E-state index contributed by atoms with van der Waals surface area (Å²) in [4.78, 5) is 26.7. The highest BCUT2D eigenvalue weighted by Crippen LogP contribution is 2.38. The summed E-state index contributed by atoms with van der Waals surface area (Å²) in [5.74, 6) is -2.67. The monoisotopic (exact) mass is 461 g/mol. The maximum absolute atomic E-state index is 15.6. The lowest BCUT2D eigenvalue weighted by atomic mass is 9.79. The van der Waals surface area contributed by atoms with E-state index < -0.39 is 29.0 Å². The molecule has 3 amide bonds. The summed E-state index contributed by atoms with van der Waals surface area (Å²) >= 11 is 0. The largest absolute Gasteiger partial charge is 0.369 e. The van der Waals surface area contributed by atoms with Crippen LogP contribution in [-0.2, 0) is 16.0 Å². The van der Waals surface area contributed by atoms with Crippen LogP contribution >= 0.6 is 0 Å². The Kier molecular flexibility index (Phi) is 6.34. The van der Waals surface area contributed by atoms with Crippen molar-refractivity contribution in [2.45, 2.75) is 31.8 Å². The van der Waals surface area contributed by atoms with E-state index in [4.69, 9.17) is 4.74 Å². The zero-order valence-electron chi connectivity index (χ0n) is 18.5. The third kappa shape index (κ3) is 4.29. The molecule has 9 heteroatoms. The number of hydrogen-bond donors (Lipinski definition) is 2. The highest BCUT2D eigenvalue weighted by molar-refractivity contribution is 5.80. The van der Waals surface area contributed by atoms with Gasteiger partial charge in [-0.2, -0.15) is 0 Å². The molecule has 0 aromatic heterocycles. The average Bonchev–Trinajstić information content (AvgIpc) is 3.00. The number of morpholine rings is 1. The van der Waals surface area contributed by atoms with E-state index in [0.717, 1.165) is 18.2 Å². The summed E-state index contributed by atoms with van der Waals surface area (Å²) in [6.07, 6.45) is 0.0859. The van der Waals surface area contributed by atoms with Crippen LogP contribution in [0.25, 0.3) is 11.1 Å². The van der Waals surface area contributed by atoms with Crippen molar-refractivity contribution in [3.8, 4) is 11.1 Å². The van der Waals surface area contributed by atoms with Crippen LogP contribution in [0.1, 0.15) is 19.4 Å². The number of carbonyl (C=O) groups excluding carboxylic acids is 2. The fourth-order valence-corrected chi connectivity index (χ4v) is 4.93. The van der Waals surface area contributed by atoms with E-state index in [2.05, 4.69) is 10.6 Å². The quantitative estimate of drug-likeness (QED) is 0.735. The highest BCUT2D eigenvalue weighted by atomic mass is 19.1. The van der Waals surface area contributed by atoms with Crippen LogP contribution in [0.4, 0.5) is 18.0 Å². The molecule has 2 aromatic carbocycles. The molecule has 6 nitrogen and oxygen atoms in total. The lowest BCUT2D eigenvalue weighted by Gasteiger charge is -2.43. The molecule has 1 spiro atoms. The topological polar surface area (TPSA) is 70.7 Å². The maximum atomic E-state index is 15.6. The van der Waals surface area contributed by atoms with Gasteiger partial charge in [-0.3, -0.25) is 4.79 Å². The number of halogens is 3. The molecule has 33 heavy (non-hydrogen) atoms. The first-order valence-corrected chi connectivity index (χ1v) is 10.9. The molecule has 0 aliphatic carbocycles. The molecule has 0 bridgehead atoms. The molecule has 176 valence electrons. The van der Waals surface area contributed by atoms with Crippen molar-refractivity contribution < 1.29 is 27.5 Å². The highest BCUT2D eigenvalue weighted by Gasteiger charge is 2.56. The molecular weight excluding hydrogens is 435 g/mol. The Bertz CT molecular complexity index is 1060. The van der Waals surface area contributed by atoms with Crippen LogP contribution in [0.5, 0.6) is 0 Å². The van der Waals surface area contributed by atoms with Crippen LogP contribution in [0, 0.1) is 23.4 Å². The van der Waals surface area contributed by atoms with Crippen LogP contribution < -0.4 is 10.6 Å². The van der Waals surface area contributed by atoms with Gasteiger partial charge in [-0.15, -0.1) is 0 Å². The van der Waals surface area contributed by atoms with Crippen LogP contribution in [0.3, 0.4) is 0 Å². The Morgan fingerprint density at radius 2 is 1.97 bits per heavy atom. The van der Waals surface area contributed by atoms with E-state index in [1.54, 1.807) is 24.0 Å². The van der Waals surface area contributed by atoms with Crippen molar-refractivity contribution in [2.24, 2.45) is 5.92 Å². The second-order valence-corrected chi connectivity index (χ2v) is 8.63. The van der Waals surface area contributed by atoms with E-state index in [9.17, 15) is 18.4 Å². The SMILES string of the molecule is CCNC(=O)N1C[C@@H](C)[C@@]2(COCC(=O)N2)[C@@H]1Cc1cccc(-c2cc(F)cc(F)c2)c1F. The number of benzene rings is 2. The van der Waals surface area contributed by atoms with Gasteiger partial charge in [0.25, 0.3) is 0 Å². The minimum Gasteiger partial charge on any atom is -0.369 e. The van der Waals surface area contributed by atoms with Crippen molar-refractivity contribution in [3.05, 3.63) is 59.4 Å². The summed E-state index contributed by atoms with van der Waals surface area (Å²) in [5, 5.41) is 5.79. The number of urea groups is 1. The Morgan fingerprint density at radius 1 is 1.24 bits per heavy atom. The number of ether oxygens (including phenoxy) is 1. The summed E-state index contributed by atoms with van der Waals surface area (Å²) in [6, 6.07) is 6.60. The zero-order valence-corrected chi connectivity index (χ0v) is 18.5. The number of rotatable bonds is 4. The van der Waals surface area contributed by atoms with E-state index >= 15 is 4.39 Å². The van der Waals surface area contributed by atoms with Gasteiger partial charge in [0, 0.05) is 30.6 Å². The molecule has 2 saturated heterocycles. The number of amides is 3. The van der Waals surface area contributed by atoms with Crippen LogP contribution in [0.2, 0.25) is 0 Å². The Labute approximate surface area is 190 Å². The first-order chi connectivity index (χ1) is 15.7. The van der Waals surface area contributed by atoms with Gasteiger partial charge in [0.2, 0.25) is 5.91 Å². The van der Waals surface area contributed by atoms with Crippen LogP contribution in [0.15, 0.2) is 36.4 Å². The number of hydrogen-bond acceptors (Lipinski definition) is 3. The second-order valence-electron chi connectivity index (χ2n) is 8.63. The minimum absolute atomic E-state index is 0.0551. The van der Waals surface area contributed by atoms with E-state index in [1.165, 1.54) is 6.07 Å². The molecule has 2 N–H and O–H groups in total. The molecule has 2 aliphatic rings. The summed E-state index contributed by atoms with van der Waals surface area (Å²) < 4.78 is 48.6. The number of nitrogens with one attached hydrogen (secondary N) is 2. The Balaban J connectivity index is 1.74. The Morgan fingerprint density at radius 3 is 2.64 bits per heavy atom. The normalized spacial score (nSPS) is 24.8. The van der Waals surface area contributed by atoms with E-state index in [-0.39, 0.29) is 54.2 Å². The standard InChI is InChI=1S/C24H26F3N3O3/c1-3-28-23(32)30-11-14(2)24(13-33-12-21(31)29-24)20(30)9-15-5-4-6-19(22(15)27)16-7-17(25)10-18(26)8-16/h4-8,10,14,20H,3,9,11-13H2,1-2H3,(H,28,32)(H,29,31)/t14-,20+,24+/m1/s1. The van der Waals surface area contributed by atoms with E-state index in [0.29, 0.717) is 13.1 Å². The molecule has 0 radical (unpaired) electrons. The maximum Gasteiger partial charge on any atom is 0.317 e. The number of carbonyl (C=O) groups is 2. The summed E-state index contributed by atoms with van der Waals surface area (Å²) in [6.45, 7) is 4.62. The molecule has 3 atom stereocenters. The Hall–Kier alpha value is -3.07. The number of nitrogens with zero attached hydrogens (tertiary/aromatic N) is 1. The van der Waals surface area contributed by atoms with Gasteiger partial charge in [-0.25, -0.2) is 18.0 Å². The summed E-state index contributed by atoms with van der Waals surface area (Å²) in [5.41, 5.74) is -0.478. The van der Waals surface area contributed by atoms with Crippen molar-refractivity contribution >= 4 is 11.9 Å². The van der Waals surface area contributed by atoms with Crippen molar-refractivity contribution in [3.63, 3.8) is 0 Å². The van der Waals surface area contributed by atoms with Gasteiger partial charge in [0.05, 0.1) is 18.2 Å². The zero-order chi connectivity index (χ0) is 23.8. The predicted octanol–water partition coefficient (Wildman–Crippen LogP) is 3.25. The van der Waals surface area contributed by atoms with Gasteiger partial charge < -0.3 is 20.3 Å². The van der Waals surface area contributed by atoms with Gasteiger partial charge in [-0.05, 0) is 36.6 Å². The first kappa shape index (κ1) is 23.1. The average molecular weight is 461 g/mol. The van der Waals surface area contributed by atoms with Crippen molar-refractivity contribution in [2.75, 3.05) is 26.3 Å². The smallest absolute Gasteiger partial charge is 0.317 e. The fraction of sp³-hybridized carbons (Fsp3) is 0.417. The molecule has 0 saturated carbocycles. The van der Waals surface area contributed by atoms with Gasteiger partial charge in [-0.1, -0.05) is 25.1 Å². The number of likely N-dealkylation sites (tertiary alicyclic amines) is 1. The van der Waals surface area contributed by atoms with Crippen molar-refractivity contribution in [1.82, 2.24) is 15.5 Å². The van der Waals surface area contributed by atoms with Crippen LogP contribution in [-0.4, -0.2) is 54.7 Å². The lowest BCUT2D eigenvalue weighted by Crippen LogP contribution is -2.66. The molecule has 0 unspecified atom stereocenters. The molecule has 4 rings (SSSR count). The molecular formula is C24H26F3N3O3. The lowest BCUT2D eigenvalue weighted by molar-refractivity contribution is -0.137. The third-order valence-electron chi connectivity index (χ3n) is 6.52. The van der Waals surface area contributed by atoms with E-state index in [1.807, 2.05) is 6.92 Å². The molecule has 2 fully saturated rings.